The Bertz CT molecular complexity index is 617. The van der Waals surface area contributed by atoms with Gasteiger partial charge < -0.3 is 24.8 Å². The van der Waals surface area contributed by atoms with Crippen molar-refractivity contribution in [2.75, 3.05) is 33.9 Å². The Hall–Kier alpha value is -1.22. The van der Waals surface area contributed by atoms with Gasteiger partial charge >= 0.3 is 0 Å². The summed E-state index contributed by atoms with van der Waals surface area (Å²) >= 11 is 0. The van der Waals surface area contributed by atoms with Crippen molar-refractivity contribution in [3.05, 3.63) is 23.8 Å². The summed E-state index contributed by atoms with van der Waals surface area (Å²) in [5.74, 6) is 3.29. The number of ether oxygens (including phenoxy) is 3. The molecule has 2 aliphatic rings. The predicted octanol–water partition coefficient (Wildman–Crippen LogP) is 3.73. The van der Waals surface area contributed by atoms with Crippen molar-refractivity contribution in [2.45, 2.75) is 51.2 Å². The number of halogens is 1. The number of aliphatic imine (C=N–C) groups is 1. The highest BCUT2D eigenvalue weighted by Crippen LogP contribution is 2.30. The van der Waals surface area contributed by atoms with Gasteiger partial charge in [-0.05, 0) is 56.6 Å². The molecule has 2 fully saturated rings. The van der Waals surface area contributed by atoms with Crippen LogP contribution in [0.1, 0.15) is 44.1 Å². The van der Waals surface area contributed by atoms with Gasteiger partial charge in [0.1, 0.15) is 11.5 Å². The van der Waals surface area contributed by atoms with E-state index >= 15 is 0 Å². The van der Waals surface area contributed by atoms with Crippen LogP contribution in [-0.4, -0.2) is 46.0 Å². The minimum absolute atomic E-state index is 0. The molecule has 6 nitrogen and oxygen atoms in total. The summed E-state index contributed by atoms with van der Waals surface area (Å²) in [5.41, 5.74) is 1.11. The van der Waals surface area contributed by atoms with Crippen molar-refractivity contribution in [1.29, 1.82) is 0 Å². The number of hydrogen-bond donors (Lipinski definition) is 2. The second kappa shape index (κ2) is 12.4. The van der Waals surface area contributed by atoms with Gasteiger partial charge in [0.05, 0.1) is 19.8 Å². The Labute approximate surface area is 185 Å². The molecule has 158 valence electrons. The van der Waals surface area contributed by atoms with Crippen LogP contribution in [0.15, 0.2) is 23.2 Å². The minimum atomic E-state index is 0. The van der Waals surface area contributed by atoms with Gasteiger partial charge in [0.15, 0.2) is 5.96 Å². The van der Waals surface area contributed by atoms with Gasteiger partial charge in [-0.3, -0.25) is 4.99 Å². The topological polar surface area (TPSA) is 64.1 Å². The lowest BCUT2D eigenvalue weighted by Crippen LogP contribution is -2.38. The van der Waals surface area contributed by atoms with E-state index in [9.17, 15) is 0 Å². The van der Waals surface area contributed by atoms with Gasteiger partial charge in [0.25, 0.3) is 0 Å². The lowest BCUT2D eigenvalue weighted by molar-refractivity contribution is 0.129. The first-order valence-electron chi connectivity index (χ1n) is 10.1. The third-order valence-electron chi connectivity index (χ3n) is 5.13. The van der Waals surface area contributed by atoms with Crippen molar-refractivity contribution in [3.8, 4) is 11.5 Å². The third kappa shape index (κ3) is 7.66. The number of nitrogens with one attached hydrogen (secondary N) is 2. The number of hydrogen-bond acceptors (Lipinski definition) is 4. The zero-order chi connectivity index (χ0) is 18.9. The van der Waals surface area contributed by atoms with E-state index in [4.69, 9.17) is 14.2 Å². The van der Waals surface area contributed by atoms with E-state index < -0.39 is 0 Å². The standard InChI is InChI=1S/C21H33N3O3.HI/c1-22-21(23-11-12-26-15-16-7-8-16)24-14-17-9-10-19(25-2)13-20(17)27-18-5-3-4-6-18;/h9-10,13,16,18H,3-8,11-12,14-15H2,1-2H3,(H2,22,23,24);1H. The van der Waals surface area contributed by atoms with Crippen LogP contribution in [0, 0.1) is 5.92 Å². The molecular weight excluding hydrogens is 469 g/mol. The average Bonchev–Trinajstić information content (AvgIpc) is 3.38. The first kappa shape index (κ1) is 23.1. The number of methoxy groups -OCH3 is 1. The maximum atomic E-state index is 6.26. The van der Waals surface area contributed by atoms with E-state index in [1.54, 1.807) is 14.2 Å². The zero-order valence-electron chi connectivity index (χ0n) is 17.0. The van der Waals surface area contributed by atoms with Gasteiger partial charge in [-0.25, -0.2) is 0 Å². The molecule has 0 radical (unpaired) electrons. The number of guanidine groups is 1. The van der Waals surface area contributed by atoms with E-state index in [-0.39, 0.29) is 24.0 Å². The molecule has 2 aliphatic carbocycles. The SMILES string of the molecule is CN=C(NCCOCC1CC1)NCc1ccc(OC)cc1OC1CCCC1.I. The van der Waals surface area contributed by atoms with Gasteiger partial charge in [-0.2, -0.15) is 0 Å². The molecule has 0 atom stereocenters. The van der Waals surface area contributed by atoms with Crippen molar-refractivity contribution in [2.24, 2.45) is 10.9 Å². The molecule has 3 rings (SSSR count). The minimum Gasteiger partial charge on any atom is -0.497 e. The number of benzene rings is 1. The number of nitrogens with zero attached hydrogens (tertiary/aromatic N) is 1. The van der Waals surface area contributed by atoms with Crippen LogP contribution in [0.5, 0.6) is 11.5 Å². The summed E-state index contributed by atoms with van der Waals surface area (Å²) in [4.78, 5) is 4.29. The largest absolute Gasteiger partial charge is 0.497 e. The molecule has 0 bridgehead atoms. The second-order valence-corrected chi connectivity index (χ2v) is 7.37. The highest BCUT2D eigenvalue weighted by molar-refractivity contribution is 14.0. The molecule has 0 saturated heterocycles. The molecule has 1 aromatic rings. The fourth-order valence-corrected chi connectivity index (χ4v) is 3.28. The van der Waals surface area contributed by atoms with Crippen LogP contribution in [0.2, 0.25) is 0 Å². The van der Waals surface area contributed by atoms with Gasteiger partial charge in [0.2, 0.25) is 0 Å². The molecule has 2 N–H and O–H groups in total. The monoisotopic (exact) mass is 503 g/mol. The maximum Gasteiger partial charge on any atom is 0.191 e. The van der Waals surface area contributed by atoms with E-state index in [1.807, 2.05) is 12.1 Å². The Balaban J connectivity index is 0.00000280. The summed E-state index contributed by atoms with van der Waals surface area (Å²) in [6, 6.07) is 6.01. The lowest BCUT2D eigenvalue weighted by Gasteiger charge is -2.19. The molecule has 0 aliphatic heterocycles. The zero-order valence-corrected chi connectivity index (χ0v) is 19.4. The molecule has 7 heteroatoms. The molecule has 28 heavy (non-hydrogen) atoms. The summed E-state index contributed by atoms with van der Waals surface area (Å²) < 4.78 is 17.3. The normalized spacial score (nSPS) is 17.1. The van der Waals surface area contributed by atoms with E-state index in [0.717, 1.165) is 54.9 Å². The Morgan fingerprint density at radius 2 is 1.93 bits per heavy atom. The molecule has 1 aromatic carbocycles. The van der Waals surface area contributed by atoms with Gasteiger partial charge in [-0.15, -0.1) is 24.0 Å². The van der Waals surface area contributed by atoms with E-state index in [2.05, 4.69) is 21.7 Å². The first-order valence-corrected chi connectivity index (χ1v) is 10.1. The average molecular weight is 503 g/mol. The first-order chi connectivity index (χ1) is 13.3. The van der Waals surface area contributed by atoms with Crippen LogP contribution in [-0.2, 0) is 11.3 Å². The summed E-state index contributed by atoms with van der Waals surface area (Å²) in [6.07, 6.45) is 7.73. The second-order valence-electron chi connectivity index (χ2n) is 7.37. The molecular formula is C21H34IN3O3. The Morgan fingerprint density at radius 1 is 1.14 bits per heavy atom. The maximum absolute atomic E-state index is 6.26. The highest BCUT2D eigenvalue weighted by Gasteiger charge is 2.21. The summed E-state index contributed by atoms with van der Waals surface area (Å²) in [7, 11) is 3.47. The van der Waals surface area contributed by atoms with E-state index in [0.29, 0.717) is 19.3 Å². The van der Waals surface area contributed by atoms with Crippen LogP contribution in [0.25, 0.3) is 0 Å². The number of rotatable bonds is 10. The molecule has 0 unspecified atom stereocenters. The molecule has 2 saturated carbocycles. The van der Waals surface area contributed by atoms with Crippen molar-refractivity contribution in [3.63, 3.8) is 0 Å². The van der Waals surface area contributed by atoms with Crippen LogP contribution >= 0.6 is 24.0 Å². The van der Waals surface area contributed by atoms with Crippen LogP contribution < -0.4 is 20.1 Å². The smallest absolute Gasteiger partial charge is 0.191 e. The fraction of sp³-hybridized carbons (Fsp3) is 0.667. The summed E-state index contributed by atoms with van der Waals surface area (Å²) in [5, 5.41) is 6.66. The molecule has 0 aromatic heterocycles. The Morgan fingerprint density at radius 3 is 2.61 bits per heavy atom. The van der Waals surface area contributed by atoms with Crippen LogP contribution in [0.3, 0.4) is 0 Å². The van der Waals surface area contributed by atoms with Crippen molar-refractivity contribution >= 4 is 29.9 Å². The van der Waals surface area contributed by atoms with Crippen molar-refractivity contribution in [1.82, 2.24) is 10.6 Å². The molecule has 0 heterocycles. The van der Waals surface area contributed by atoms with Gasteiger partial charge in [0, 0.05) is 38.4 Å². The lowest BCUT2D eigenvalue weighted by atomic mass is 10.2. The fourth-order valence-electron chi connectivity index (χ4n) is 3.28. The molecule has 0 spiro atoms. The van der Waals surface area contributed by atoms with Crippen LogP contribution in [0.4, 0.5) is 0 Å². The quantitative estimate of drug-likeness (QED) is 0.221. The highest BCUT2D eigenvalue weighted by atomic mass is 127. The van der Waals surface area contributed by atoms with Gasteiger partial charge in [-0.1, -0.05) is 0 Å². The van der Waals surface area contributed by atoms with Crippen molar-refractivity contribution < 1.29 is 14.2 Å². The van der Waals surface area contributed by atoms with E-state index in [1.165, 1.54) is 25.7 Å². The predicted molar refractivity (Wildman–Crippen MR) is 123 cm³/mol. The Kier molecular flexibility index (Phi) is 10.2. The third-order valence-corrected chi connectivity index (χ3v) is 5.13. The molecule has 0 amide bonds. The summed E-state index contributed by atoms with van der Waals surface area (Å²) in [6.45, 7) is 2.99.